The molecule has 0 amide bonds. The van der Waals surface area contributed by atoms with E-state index >= 15 is 0 Å². The van der Waals surface area contributed by atoms with Gasteiger partial charge in [0, 0.05) is 11.3 Å². The third-order valence-corrected chi connectivity index (χ3v) is 4.68. The standard InChI is InChI=1S/C15H15ClO2S/c1-2-15(14(17)18,11-6-4-3-5-7-11)10-12-8-9-13(16)19-12/h3-9H,2,10H2,1H3,(H,17,18). The predicted octanol–water partition coefficient (Wildman–Crippen LogP) is 4.38. The van der Waals surface area contributed by atoms with Crippen molar-refractivity contribution in [2.45, 2.75) is 25.2 Å². The van der Waals surface area contributed by atoms with E-state index in [0.29, 0.717) is 17.2 Å². The number of hydrogen-bond donors (Lipinski definition) is 1. The van der Waals surface area contributed by atoms with Crippen molar-refractivity contribution >= 4 is 28.9 Å². The maximum atomic E-state index is 11.8. The number of carboxylic acid groups (broad SMARTS) is 1. The van der Waals surface area contributed by atoms with Crippen molar-refractivity contribution in [3.63, 3.8) is 0 Å². The summed E-state index contributed by atoms with van der Waals surface area (Å²) in [5, 5.41) is 9.72. The van der Waals surface area contributed by atoms with Gasteiger partial charge in [0.1, 0.15) is 0 Å². The number of rotatable bonds is 5. The quantitative estimate of drug-likeness (QED) is 0.888. The largest absolute Gasteiger partial charge is 0.481 e. The third-order valence-electron chi connectivity index (χ3n) is 3.44. The molecule has 0 aliphatic rings. The fourth-order valence-electron chi connectivity index (χ4n) is 2.28. The van der Waals surface area contributed by atoms with Crippen molar-refractivity contribution in [1.82, 2.24) is 0 Å². The van der Waals surface area contributed by atoms with Crippen molar-refractivity contribution in [2.75, 3.05) is 0 Å². The molecule has 100 valence electrons. The van der Waals surface area contributed by atoms with Gasteiger partial charge in [-0.3, -0.25) is 4.79 Å². The second-order valence-corrected chi connectivity index (χ2v) is 6.29. The first-order valence-electron chi connectivity index (χ1n) is 6.11. The molecule has 0 spiro atoms. The molecule has 1 aromatic carbocycles. The number of hydrogen-bond acceptors (Lipinski definition) is 2. The van der Waals surface area contributed by atoms with E-state index in [4.69, 9.17) is 11.6 Å². The summed E-state index contributed by atoms with van der Waals surface area (Å²) in [6.45, 7) is 1.91. The summed E-state index contributed by atoms with van der Waals surface area (Å²) < 4.78 is 0.693. The zero-order valence-corrected chi connectivity index (χ0v) is 12.2. The number of carbonyl (C=O) groups is 1. The van der Waals surface area contributed by atoms with E-state index in [0.717, 1.165) is 10.4 Å². The first-order valence-corrected chi connectivity index (χ1v) is 7.31. The van der Waals surface area contributed by atoms with Gasteiger partial charge in [0.2, 0.25) is 0 Å². The molecule has 2 nitrogen and oxygen atoms in total. The molecule has 1 heterocycles. The lowest BCUT2D eigenvalue weighted by atomic mass is 9.75. The lowest BCUT2D eigenvalue weighted by Crippen LogP contribution is -2.37. The summed E-state index contributed by atoms with van der Waals surface area (Å²) >= 11 is 7.37. The van der Waals surface area contributed by atoms with E-state index in [1.165, 1.54) is 11.3 Å². The molecular formula is C15H15ClO2S. The number of benzene rings is 1. The summed E-state index contributed by atoms with van der Waals surface area (Å²) in [6.07, 6.45) is 1.02. The van der Waals surface area contributed by atoms with Crippen LogP contribution in [0, 0.1) is 0 Å². The van der Waals surface area contributed by atoms with Crippen LogP contribution < -0.4 is 0 Å². The van der Waals surface area contributed by atoms with Crippen molar-refractivity contribution < 1.29 is 9.90 Å². The summed E-state index contributed by atoms with van der Waals surface area (Å²) in [6, 6.07) is 13.1. The second-order valence-electron chi connectivity index (χ2n) is 4.49. The van der Waals surface area contributed by atoms with E-state index in [2.05, 4.69) is 0 Å². The van der Waals surface area contributed by atoms with E-state index in [1.807, 2.05) is 49.4 Å². The molecule has 2 aromatic rings. The van der Waals surface area contributed by atoms with Gasteiger partial charge in [-0.15, -0.1) is 11.3 Å². The lowest BCUT2D eigenvalue weighted by molar-refractivity contribution is -0.144. The zero-order chi connectivity index (χ0) is 13.9. The molecule has 2 rings (SSSR count). The topological polar surface area (TPSA) is 37.3 Å². The highest BCUT2D eigenvalue weighted by atomic mass is 35.5. The Hall–Kier alpha value is -1.32. The number of thiophene rings is 1. The van der Waals surface area contributed by atoms with Crippen LogP contribution in [0.3, 0.4) is 0 Å². The van der Waals surface area contributed by atoms with E-state index in [9.17, 15) is 9.90 Å². The number of halogens is 1. The lowest BCUT2D eigenvalue weighted by Gasteiger charge is -2.28. The summed E-state index contributed by atoms with van der Waals surface area (Å²) in [4.78, 5) is 12.8. The fraction of sp³-hybridized carbons (Fsp3) is 0.267. The third kappa shape index (κ3) is 2.82. The molecule has 19 heavy (non-hydrogen) atoms. The van der Waals surface area contributed by atoms with Gasteiger partial charge in [-0.2, -0.15) is 0 Å². The monoisotopic (exact) mass is 294 g/mol. The van der Waals surface area contributed by atoms with Crippen molar-refractivity contribution in [3.05, 3.63) is 57.2 Å². The SMILES string of the molecule is CCC(Cc1ccc(Cl)s1)(C(=O)O)c1ccccc1. The number of aliphatic carboxylic acids is 1. The minimum Gasteiger partial charge on any atom is -0.481 e. The van der Waals surface area contributed by atoms with E-state index in [1.54, 1.807) is 0 Å². The molecule has 1 N–H and O–H groups in total. The van der Waals surface area contributed by atoms with Crippen LogP contribution in [-0.2, 0) is 16.6 Å². The molecule has 1 aromatic heterocycles. The maximum absolute atomic E-state index is 11.8. The fourth-order valence-corrected chi connectivity index (χ4v) is 3.48. The molecule has 1 unspecified atom stereocenters. The van der Waals surface area contributed by atoms with Crippen LogP contribution in [0.2, 0.25) is 4.34 Å². The van der Waals surface area contributed by atoms with Crippen molar-refractivity contribution in [2.24, 2.45) is 0 Å². The van der Waals surface area contributed by atoms with Crippen molar-refractivity contribution in [3.8, 4) is 0 Å². The van der Waals surface area contributed by atoms with Gasteiger partial charge in [0.15, 0.2) is 0 Å². The van der Waals surface area contributed by atoms with Crippen LogP contribution in [0.4, 0.5) is 0 Å². The van der Waals surface area contributed by atoms with Gasteiger partial charge in [0.25, 0.3) is 0 Å². The molecule has 0 radical (unpaired) electrons. The highest BCUT2D eigenvalue weighted by molar-refractivity contribution is 7.16. The van der Waals surface area contributed by atoms with Gasteiger partial charge < -0.3 is 5.11 Å². The first-order chi connectivity index (χ1) is 9.08. The van der Waals surface area contributed by atoms with E-state index in [-0.39, 0.29) is 0 Å². The smallest absolute Gasteiger partial charge is 0.314 e. The molecule has 0 aliphatic carbocycles. The highest BCUT2D eigenvalue weighted by Gasteiger charge is 2.39. The molecule has 0 saturated carbocycles. The Balaban J connectivity index is 2.43. The number of carboxylic acids is 1. The Labute approximate surface area is 121 Å². The Kier molecular flexibility index (Phi) is 4.27. The average Bonchev–Trinajstić information content (AvgIpc) is 2.82. The van der Waals surface area contributed by atoms with Gasteiger partial charge >= 0.3 is 5.97 Å². The molecule has 0 saturated heterocycles. The Morgan fingerprint density at radius 1 is 1.26 bits per heavy atom. The van der Waals surface area contributed by atoms with Crippen LogP contribution in [0.5, 0.6) is 0 Å². The predicted molar refractivity (Wildman–Crippen MR) is 79.1 cm³/mol. The van der Waals surface area contributed by atoms with Crippen LogP contribution in [0.15, 0.2) is 42.5 Å². The molecule has 1 atom stereocenters. The molecule has 0 fully saturated rings. The highest BCUT2D eigenvalue weighted by Crippen LogP contribution is 2.35. The van der Waals surface area contributed by atoms with Gasteiger partial charge in [0.05, 0.1) is 9.75 Å². The Bertz CT molecular complexity index is 565. The minimum absolute atomic E-state index is 0.472. The van der Waals surface area contributed by atoms with Crippen LogP contribution in [-0.4, -0.2) is 11.1 Å². The van der Waals surface area contributed by atoms with Crippen LogP contribution in [0.25, 0.3) is 0 Å². The normalized spacial score (nSPS) is 14.0. The molecule has 0 bridgehead atoms. The van der Waals surface area contributed by atoms with Crippen LogP contribution in [0.1, 0.15) is 23.8 Å². The summed E-state index contributed by atoms with van der Waals surface area (Å²) in [5.41, 5.74) is -0.0374. The summed E-state index contributed by atoms with van der Waals surface area (Å²) in [5.74, 6) is -0.786. The average molecular weight is 295 g/mol. The molecule has 0 aliphatic heterocycles. The van der Waals surface area contributed by atoms with Gasteiger partial charge in [-0.25, -0.2) is 0 Å². The van der Waals surface area contributed by atoms with Gasteiger partial charge in [-0.05, 0) is 24.1 Å². The molecule has 4 heteroatoms. The van der Waals surface area contributed by atoms with Gasteiger partial charge in [-0.1, -0.05) is 48.9 Å². The Morgan fingerprint density at radius 2 is 1.95 bits per heavy atom. The Morgan fingerprint density at radius 3 is 2.42 bits per heavy atom. The maximum Gasteiger partial charge on any atom is 0.314 e. The zero-order valence-electron chi connectivity index (χ0n) is 10.6. The van der Waals surface area contributed by atoms with E-state index < -0.39 is 11.4 Å². The summed E-state index contributed by atoms with van der Waals surface area (Å²) in [7, 11) is 0. The van der Waals surface area contributed by atoms with Crippen LogP contribution >= 0.6 is 22.9 Å². The first kappa shape index (κ1) is 14.1. The second kappa shape index (κ2) is 5.76. The van der Waals surface area contributed by atoms with Crippen molar-refractivity contribution in [1.29, 1.82) is 0 Å². The minimum atomic E-state index is -0.880. The molecular weight excluding hydrogens is 280 g/mol.